The average molecular weight is 252 g/mol. The standard InChI is InChI=1S/C11H16N4OS/c1-4-5-15-9(6-12-14-15)10(16)11-7(2)13-8(3)17-11/h6,10,16H,4-5H2,1-3H3. The molecule has 0 fully saturated rings. The maximum Gasteiger partial charge on any atom is 0.133 e. The zero-order chi connectivity index (χ0) is 12.4. The van der Waals surface area contributed by atoms with E-state index in [0.29, 0.717) is 0 Å². The first-order chi connectivity index (χ1) is 8.13. The van der Waals surface area contributed by atoms with Crippen molar-refractivity contribution >= 4 is 11.3 Å². The van der Waals surface area contributed by atoms with Crippen molar-refractivity contribution < 1.29 is 5.11 Å². The van der Waals surface area contributed by atoms with Gasteiger partial charge in [-0.3, -0.25) is 0 Å². The van der Waals surface area contributed by atoms with Gasteiger partial charge in [-0.05, 0) is 20.3 Å². The van der Waals surface area contributed by atoms with Crippen molar-refractivity contribution in [2.45, 2.75) is 39.8 Å². The van der Waals surface area contributed by atoms with Gasteiger partial charge in [0.15, 0.2) is 0 Å². The van der Waals surface area contributed by atoms with Crippen LogP contribution in [-0.4, -0.2) is 25.1 Å². The highest BCUT2D eigenvalue weighted by atomic mass is 32.1. The van der Waals surface area contributed by atoms with E-state index in [0.717, 1.165) is 34.2 Å². The van der Waals surface area contributed by atoms with Crippen LogP contribution < -0.4 is 0 Å². The molecule has 0 spiro atoms. The molecular weight excluding hydrogens is 236 g/mol. The number of aliphatic hydroxyl groups excluding tert-OH is 1. The molecule has 6 heteroatoms. The van der Waals surface area contributed by atoms with Gasteiger partial charge in [0, 0.05) is 6.54 Å². The summed E-state index contributed by atoms with van der Waals surface area (Å²) in [6.07, 6.45) is 1.90. The van der Waals surface area contributed by atoms with E-state index < -0.39 is 6.10 Å². The molecule has 0 aliphatic heterocycles. The summed E-state index contributed by atoms with van der Waals surface area (Å²) in [4.78, 5) is 5.20. The molecule has 0 saturated heterocycles. The van der Waals surface area contributed by atoms with Crippen LogP contribution in [0.3, 0.4) is 0 Å². The molecule has 2 rings (SSSR count). The number of thiazole rings is 1. The summed E-state index contributed by atoms with van der Waals surface area (Å²) in [5, 5.41) is 19.2. The van der Waals surface area contributed by atoms with E-state index in [9.17, 15) is 5.11 Å². The lowest BCUT2D eigenvalue weighted by Gasteiger charge is -2.10. The summed E-state index contributed by atoms with van der Waals surface area (Å²) in [6.45, 7) is 6.69. The molecule has 1 atom stereocenters. The van der Waals surface area contributed by atoms with Gasteiger partial charge >= 0.3 is 0 Å². The van der Waals surface area contributed by atoms with Crippen LogP contribution in [0.1, 0.15) is 40.7 Å². The summed E-state index contributed by atoms with van der Waals surface area (Å²) in [5.41, 5.74) is 1.61. The van der Waals surface area contributed by atoms with Crippen LogP contribution in [0.15, 0.2) is 6.20 Å². The highest BCUT2D eigenvalue weighted by molar-refractivity contribution is 7.11. The summed E-state index contributed by atoms with van der Waals surface area (Å²) in [5.74, 6) is 0. The molecule has 92 valence electrons. The first-order valence-corrected chi connectivity index (χ1v) is 6.45. The minimum Gasteiger partial charge on any atom is -0.381 e. The predicted octanol–water partition coefficient (Wildman–Crippen LogP) is 1.84. The molecule has 0 radical (unpaired) electrons. The number of hydrogen-bond acceptors (Lipinski definition) is 5. The Balaban J connectivity index is 2.33. The highest BCUT2D eigenvalue weighted by Crippen LogP contribution is 2.29. The number of aliphatic hydroxyl groups is 1. The number of aryl methyl sites for hydroxylation is 3. The first-order valence-electron chi connectivity index (χ1n) is 5.63. The monoisotopic (exact) mass is 252 g/mol. The number of rotatable bonds is 4. The Morgan fingerprint density at radius 2 is 2.24 bits per heavy atom. The zero-order valence-corrected chi connectivity index (χ0v) is 11.0. The smallest absolute Gasteiger partial charge is 0.133 e. The number of aromatic nitrogens is 4. The molecule has 1 N–H and O–H groups in total. The molecule has 2 aromatic heterocycles. The Kier molecular flexibility index (Phi) is 3.54. The third kappa shape index (κ3) is 2.37. The van der Waals surface area contributed by atoms with Gasteiger partial charge in [-0.25, -0.2) is 9.67 Å². The summed E-state index contributed by atoms with van der Waals surface area (Å²) in [7, 11) is 0. The van der Waals surface area contributed by atoms with E-state index in [1.54, 1.807) is 10.9 Å². The average Bonchev–Trinajstić information content (AvgIpc) is 2.85. The maximum atomic E-state index is 10.4. The Labute approximate surface area is 104 Å². The molecule has 2 aromatic rings. The van der Waals surface area contributed by atoms with Gasteiger partial charge < -0.3 is 5.11 Å². The summed E-state index contributed by atoms with van der Waals surface area (Å²) < 4.78 is 1.75. The molecule has 5 nitrogen and oxygen atoms in total. The van der Waals surface area contributed by atoms with Crippen molar-refractivity contribution in [3.05, 3.63) is 27.5 Å². The van der Waals surface area contributed by atoms with Crippen molar-refractivity contribution in [2.75, 3.05) is 0 Å². The summed E-state index contributed by atoms with van der Waals surface area (Å²) in [6, 6.07) is 0. The molecule has 1 unspecified atom stereocenters. The largest absolute Gasteiger partial charge is 0.381 e. The van der Waals surface area contributed by atoms with Gasteiger partial charge in [-0.1, -0.05) is 12.1 Å². The van der Waals surface area contributed by atoms with Gasteiger partial charge in [0.1, 0.15) is 6.10 Å². The molecule has 0 aliphatic rings. The van der Waals surface area contributed by atoms with Crippen LogP contribution in [0, 0.1) is 13.8 Å². The second-order valence-corrected chi connectivity index (χ2v) is 5.20. The van der Waals surface area contributed by atoms with Crippen molar-refractivity contribution in [3.63, 3.8) is 0 Å². The van der Waals surface area contributed by atoms with Crippen LogP contribution in [0.25, 0.3) is 0 Å². The molecule has 17 heavy (non-hydrogen) atoms. The van der Waals surface area contributed by atoms with Crippen LogP contribution in [0.5, 0.6) is 0 Å². The third-order valence-corrected chi connectivity index (χ3v) is 3.68. The van der Waals surface area contributed by atoms with E-state index in [2.05, 4.69) is 22.2 Å². The van der Waals surface area contributed by atoms with Crippen molar-refractivity contribution in [3.8, 4) is 0 Å². The molecular formula is C11H16N4OS. The lowest BCUT2D eigenvalue weighted by Crippen LogP contribution is -2.10. The van der Waals surface area contributed by atoms with E-state index in [1.165, 1.54) is 11.3 Å². The Morgan fingerprint density at radius 3 is 2.82 bits per heavy atom. The SMILES string of the molecule is CCCn1nncc1C(O)c1sc(C)nc1C. The quantitative estimate of drug-likeness (QED) is 0.902. The van der Waals surface area contributed by atoms with Crippen LogP contribution >= 0.6 is 11.3 Å². The second kappa shape index (κ2) is 4.93. The first kappa shape index (κ1) is 12.2. The Bertz CT molecular complexity index is 505. The van der Waals surface area contributed by atoms with Gasteiger partial charge in [0.2, 0.25) is 0 Å². The van der Waals surface area contributed by atoms with Crippen molar-refractivity contribution in [1.82, 2.24) is 20.0 Å². The molecule has 0 amide bonds. The van der Waals surface area contributed by atoms with Gasteiger partial charge in [-0.2, -0.15) is 0 Å². The van der Waals surface area contributed by atoms with Gasteiger partial charge in [-0.15, -0.1) is 16.4 Å². The predicted molar refractivity (Wildman–Crippen MR) is 66.0 cm³/mol. The van der Waals surface area contributed by atoms with Gasteiger partial charge in [0.25, 0.3) is 0 Å². The fourth-order valence-electron chi connectivity index (χ4n) is 1.80. The number of nitrogens with zero attached hydrogens (tertiary/aromatic N) is 4. The fraction of sp³-hybridized carbons (Fsp3) is 0.545. The normalized spacial score (nSPS) is 12.9. The molecule has 0 aromatic carbocycles. The lowest BCUT2D eigenvalue weighted by atomic mass is 10.2. The van der Waals surface area contributed by atoms with Crippen molar-refractivity contribution in [2.24, 2.45) is 0 Å². The summed E-state index contributed by atoms with van der Waals surface area (Å²) >= 11 is 1.52. The van der Waals surface area contributed by atoms with E-state index >= 15 is 0 Å². The number of hydrogen-bond donors (Lipinski definition) is 1. The molecule has 0 bridgehead atoms. The highest BCUT2D eigenvalue weighted by Gasteiger charge is 2.20. The molecule has 0 aliphatic carbocycles. The van der Waals surface area contributed by atoms with E-state index in [4.69, 9.17) is 0 Å². The Hall–Kier alpha value is -1.27. The van der Waals surface area contributed by atoms with E-state index in [-0.39, 0.29) is 0 Å². The van der Waals surface area contributed by atoms with Crippen LogP contribution in [0.2, 0.25) is 0 Å². The second-order valence-electron chi connectivity index (χ2n) is 3.97. The minimum absolute atomic E-state index is 0.678. The zero-order valence-electron chi connectivity index (χ0n) is 10.2. The van der Waals surface area contributed by atoms with Crippen LogP contribution in [0.4, 0.5) is 0 Å². The maximum absolute atomic E-state index is 10.4. The van der Waals surface area contributed by atoms with Crippen molar-refractivity contribution in [1.29, 1.82) is 0 Å². The fourth-order valence-corrected chi connectivity index (χ4v) is 2.72. The molecule has 0 saturated carbocycles. The Morgan fingerprint density at radius 1 is 1.47 bits per heavy atom. The van der Waals surface area contributed by atoms with Crippen LogP contribution in [-0.2, 0) is 6.54 Å². The minimum atomic E-state index is -0.678. The molecule has 2 heterocycles. The topological polar surface area (TPSA) is 63.8 Å². The lowest BCUT2D eigenvalue weighted by molar-refractivity contribution is 0.210. The van der Waals surface area contributed by atoms with Gasteiger partial charge in [0.05, 0.1) is 27.5 Å². The van der Waals surface area contributed by atoms with E-state index in [1.807, 2.05) is 13.8 Å². The third-order valence-electron chi connectivity index (χ3n) is 2.55.